The lowest BCUT2D eigenvalue weighted by Gasteiger charge is -2.20. The van der Waals surface area contributed by atoms with Crippen LogP contribution in [0.2, 0.25) is 0 Å². The van der Waals surface area contributed by atoms with E-state index in [-0.39, 0.29) is 15.9 Å². The van der Waals surface area contributed by atoms with E-state index >= 15 is 0 Å². The molecule has 106 valence electrons. The Hall–Kier alpha value is -0.990. The Kier molecular flexibility index (Phi) is 3.93. The van der Waals surface area contributed by atoms with Crippen LogP contribution in [-0.2, 0) is 14.8 Å². The van der Waals surface area contributed by atoms with Crippen molar-refractivity contribution in [2.75, 3.05) is 13.7 Å². The smallest absolute Gasteiger partial charge is 0.358 e. The van der Waals surface area contributed by atoms with Gasteiger partial charge in [-0.1, -0.05) is 6.92 Å². The van der Waals surface area contributed by atoms with Crippen molar-refractivity contribution in [3.8, 4) is 0 Å². The van der Waals surface area contributed by atoms with Crippen LogP contribution in [0.15, 0.2) is 9.72 Å². The van der Waals surface area contributed by atoms with Gasteiger partial charge in [0.1, 0.15) is 0 Å². The fourth-order valence-corrected chi connectivity index (χ4v) is 5.36. The molecule has 8 heteroatoms. The average Bonchev–Trinajstić information content (AvgIpc) is 2.95. The summed E-state index contributed by atoms with van der Waals surface area (Å²) in [6.07, 6.45) is 0.825. The molecule has 19 heavy (non-hydrogen) atoms. The molecule has 1 aliphatic heterocycles. The van der Waals surface area contributed by atoms with Crippen LogP contribution in [0.1, 0.15) is 30.8 Å². The molecule has 1 saturated heterocycles. The maximum absolute atomic E-state index is 12.6. The predicted octanol–water partition coefficient (Wildman–Crippen LogP) is 1.35. The summed E-state index contributed by atoms with van der Waals surface area (Å²) >= 11 is 0.949. The summed E-state index contributed by atoms with van der Waals surface area (Å²) in [6, 6.07) is -0.0624. The Labute approximate surface area is 116 Å². The van der Waals surface area contributed by atoms with Gasteiger partial charge in [0.05, 0.1) is 12.6 Å². The largest absolute Gasteiger partial charge is 0.464 e. The zero-order valence-electron chi connectivity index (χ0n) is 11.0. The number of thiazole rings is 1. The number of aromatic nitrogens is 1. The molecule has 1 fully saturated rings. The van der Waals surface area contributed by atoms with E-state index in [1.807, 2.05) is 13.8 Å². The summed E-state index contributed by atoms with van der Waals surface area (Å²) in [5.41, 5.74) is 1.22. The van der Waals surface area contributed by atoms with Gasteiger partial charge in [-0.05, 0) is 19.3 Å². The van der Waals surface area contributed by atoms with Crippen LogP contribution in [0.25, 0.3) is 0 Å². The molecule has 1 aromatic heterocycles. The molecule has 2 atom stereocenters. The zero-order chi connectivity index (χ0) is 14.2. The Morgan fingerprint density at radius 1 is 1.53 bits per heavy atom. The van der Waals surface area contributed by atoms with E-state index in [2.05, 4.69) is 9.72 Å². The van der Waals surface area contributed by atoms with E-state index in [9.17, 15) is 13.2 Å². The van der Waals surface area contributed by atoms with Crippen molar-refractivity contribution in [3.63, 3.8) is 0 Å². The minimum atomic E-state index is -3.67. The van der Waals surface area contributed by atoms with Gasteiger partial charge in [0.15, 0.2) is 9.90 Å². The average molecular weight is 304 g/mol. The highest BCUT2D eigenvalue weighted by molar-refractivity contribution is 7.91. The van der Waals surface area contributed by atoms with Gasteiger partial charge in [0.2, 0.25) is 0 Å². The number of methoxy groups -OCH3 is 1. The molecule has 2 unspecified atom stereocenters. The monoisotopic (exact) mass is 304 g/mol. The third-order valence-electron chi connectivity index (χ3n) is 3.18. The first-order chi connectivity index (χ1) is 8.87. The third kappa shape index (κ3) is 2.52. The van der Waals surface area contributed by atoms with Gasteiger partial charge in [-0.25, -0.2) is 18.2 Å². The van der Waals surface area contributed by atoms with Gasteiger partial charge in [-0.15, -0.1) is 11.3 Å². The summed E-state index contributed by atoms with van der Waals surface area (Å²) in [4.78, 5) is 15.3. The van der Waals surface area contributed by atoms with Crippen LogP contribution in [0.5, 0.6) is 0 Å². The van der Waals surface area contributed by atoms with Crippen molar-refractivity contribution >= 4 is 27.3 Å². The minimum Gasteiger partial charge on any atom is -0.464 e. The Morgan fingerprint density at radius 2 is 2.21 bits per heavy atom. The van der Waals surface area contributed by atoms with Gasteiger partial charge in [0.25, 0.3) is 10.0 Å². The number of hydrogen-bond acceptors (Lipinski definition) is 6. The molecule has 1 aliphatic rings. The van der Waals surface area contributed by atoms with Crippen LogP contribution >= 0.6 is 11.3 Å². The lowest BCUT2D eigenvalue weighted by molar-refractivity contribution is 0.0590. The molecule has 0 aliphatic carbocycles. The molecule has 1 aromatic rings. The number of rotatable bonds is 3. The van der Waals surface area contributed by atoms with Crippen LogP contribution in [-0.4, -0.2) is 43.4 Å². The van der Waals surface area contributed by atoms with Crippen LogP contribution in [0.4, 0.5) is 0 Å². The van der Waals surface area contributed by atoms with Crippen molar-refractivity contribution in [3.05, 3.63) is 11.2 Å². The van der Waals surface area contributed by atoms with Crippen molar-refractivity contribution in [1.82, 2.24) is 9.29 Å². The molecular formula is C11H16N2O4S2. The van der Waals surface area contributed by atoms with Crippen molar-refractivity contribution in [1.29, 1.82) is 0 Å². The highest BCUT2D eigenvalue weighted by Gasteiger charge is 2.39. The maximum Gasteiger partial charge on any atom is 0.358 e. The Bertz CT molecular complexity index is 581. The third-order valence-corrected chi connectivity index (χ3v) is 6.51. The summed E-state index contributed by atoms with van der Waals surface area (Å²) in [5, 5.41) is 0. The molecule has 0 aromatic carbocycles. The first-order valence-corrected chi connectivity index (χ1v) is 8.23. The number of carbonyl (C=O) groups excluding carboxylic acids is 1. The summed E-state index contributed by atoms with van der Waals surface area (Å²) in [5.74, 6) is -0.404. The first kappa shape index (κ1) is 14.4. The second kappa shape index (κ2) is 5.18. The van der Waals surface area contributed by atoms with Crippen LogP contribution < -0.4 is 0 Å². The molecule has 0 spiro atoms. The first-order valence-electron chi connectivity index (χ1n) is 5.91. The Morgan fingerprint density at radius 3 is 2.74 bits per heavy atom. The fraction of sp³-hybridized carbons (Fsp3) is 0.636. The molecule has 0 amide bonds. The van der Waals surface area contributed by atoms with Gasteiger partial charge in [-0.3, -0.25) is 0 Å². The molecule has 2 rings (SSSR count). The van der Waals surface area contributed by atoms with E-state index in [1.165, 1.54) is 16.9 Å². The van der Waals surface area contributed by atoms with Gasteiger partial charge < -0.3 is 4.74 Å². The molecule has 6 nitrogen and oxygen atoms in total. The van der Waals surface area contributed by atoms with E-state index in [4.69, 9.17) is 0 Å². The number of carbonyl (C=O) groups is 1. The van der Waals surface area contributed by atoms with Gasteiger partial charge >= 0.3 is 5.97 Å². The normalized spacial score (nSPS) is 24.6. The quantitative estimate of drug-likeness (QED) is 0.788. The zero-order valence-corrected chi connectivity index (χ0v) is 12.6. The lowest BCUT2D eigenvalue weighted by atomic mass is 10.1. The Balaban J connectivity index is 2.41. The van der Waals surface area contributed by atoms with Gasteiger partial charge in [0, 0.05) is 12.6 Å². The highest BCUT2D eigenvalue weighted by Crippen LogP contribution is 2.32. The minimum absolute atomic E-state index is 0.0275. The fourth-order valence-electron chi connectivity index (χ4n) is 2.35. The van der Waals surface area contributed by atoms with E-state index in [0.717, 1.165) is 17.8 Å². The van der Waals surface area contributed by atoms with E-state index in [1.54, 1.807) is 0 Å². The number of hydrogen-bond donors (Lipinski definition) is 0. The number of esters is 1. The van der Waals surface area contributed by atoms with Crippen LogP contribution in [0.3, 0.4) is 0 Å². The van der Waals surface area contributed by atoms with Crippen molar-refractivity contribution in [2.45, 2.75) is 30.5 Å². The van der Waals surface area contributed by atoms with Crippen molar-refractivity contribution < 1.29 is 17.9 Å². The number of ether oxygens (including phenoxy) is 1. The highest BCUT2D eigenvalue weighted by atomic mass is 32.2. The van der Waals surface area contributed by atoms with E-state index in [0.29, 0.717) is 12.5 Å². The maximum atomic E-state index is 12.6. The van der Waals surface area contributed by atoms with Crippen LogP contribution in [0, 0.1) is 5.92 Å². The SMILES string of the molecule is COC(=O)c1ncsc1S(=O)(=O)N1CC(C)CC1C. The summed E-state index contributed by atoms with van der Waals surface area (Å²) < 4.78 is 31.1. The second-order valence-corrected chi connectivity index (χ2v) is 7.69. The topological polar surface area (TPSA) is 76.6 Å². The standard InChI is InChI=1S/C11H16N2O4S2/c1-7-4-8(2)13(5-7)19(15,16)11-9(10(14)17-3)12-6-18-11/h6-8H,4-5H2,1-3H3. The molecule has 0 radical (unpaired) electrons. The molecule has 0 saturated carbocycles. The summed E-state index contributed by atoms with van der Waals surface area (Å²) in [6.45, 7) is 4.36. The summed E-state index contributed by atoms with van der Waals surface area (Å²) in [7, 11) is -2.47. The number of sulfonamides is 1. The predicted molar refractivity (Wildman–Crippen MR) is 70.6 cm³/mol. The molecule has 0 bridgehead atoms. The molecular weight excluding hydrogens is 288 g/mol. The van der Waals surface area contributed by atoms with Gasteiger partial charge in [-0.2, -0.15) is 4.31 Å². The second-order valence-electron chi connectivity index (χ2n) is 4.74. The molecule has 2 heterocycles. The lowest BCUT2D eigenvalue weighted by Crippen LogP contribution is -2.34. The van der Waals surface area contributed by atoms with E-state index < -0.39 is 16.0 Å². The van der Waals surface area contributed by atoms with Crippen molar-refractivity contribution in [2.24, 2.45) is 5.92 Å². The molecule has 0 N–H and O–H groups in total. The number of nitrogens with zero attached hydrogens (tertiary/aromatic N) is 2.